The van der Waals surface area contributed by atoms with E-state index in [4.69, 9.17) is 11.6 Å². The highest BCUT2D eigenvalue weighted by Gasteiger charge is 2.46. The summed E-state index contributed by atoms with van der Waals surface area (Å²) in [5.74, 6) is -0.687. The van der Waals surface area contributed by atoms with Gasteiger partial charge in [0.2, 0.25) is 10.0 Å². The first-order valence-corrected chi connectivity index (χ1v) is 14.7. The Balaban J connectivity index is 1.30. The van der Waals surface area contributed by atoms with Crippen molar-refractivity contribution >= 4 is 27.5 Å². The summed E-state index contributed by atoms with van der Waals surface area (Å²) < 4.78 is 69.7. The number of carbonyl (C=O) groups is 1. The number of pyridine rings is 1. The van der Waals surface area contributed by atoms with Gasteiger partial charge < -0.3 is 10.1 Å². The van der Waals surface area contributed by atoms with E-state index in [2.05, 4.69) is 15.0 Å². The largest absolute Gasteiger partial charge is 0.573 e. The topological polar surface area (TPSA) is 88.6 Å². The van der Waals surface area contributed by atoms with Crippen molar-refractivity contribution in [3.63, 3.8) is 0 Å². The number of rotatable bonds is 10. The zero-order chi connectivity index (χ0) is 30.0. The molecule has 7 nitrogen and oxygen atoms in total. The molecule has 1 amide bonds. The zero-order valence-corrected chi connectivity index (χ0v) is 23.6. The van der Waals surface area contributed by atoms with Crippen LogP contribution >= 0.6 is 11.6 Å². The maximum absolute atomic E-state index is 13.5. The number of halogens is 4. The Morgan fingerprint density at radius 3 is 2.17 bits per heavy atom. The van der Waals surface area contributed by atoms with E-state index in [1.165, 1.54) is 52.8 Å². The number of hydrogen-bond acceptors (Lipinski definition) is 5. The summed E-state index contributed by atoms with van der Waals surface area (Å²) in [6.07, 6.45) is -1.91. The third-order valence-electron chi connectivity index (χ3n) is 6.83. The second kappa shape index (κ2) is 11.7. The second-order valence-corrected chi connectivity index (χ2v) is 12.2. The Morgan fingerprint density at radius 2 is 1.60 bits per heavy atom. The number of benzene rings is 3. The van der Waals surface area contributed by atoms with Crippen molar-refractivity contribution in [3.05, 3.63) is 125 Å². The van der Waals surface area contributed by atoms with Crippen molar-refractivity contribution in [2.24, 2.45) is 0 Å². The van der Waals surface area contributed by atoms with E-state index in [0.717, 1.165) is 0 Å². The van der Waals surface area contributed by atoms with Crippen LogP contribution in [-0.4, -0.2) is 30.0 Å². The summed E-state index contributed by atoms with van der Waals surface area (Å²) in [6, 6.07) is 23.2. The van der Waals surface area contributed by atoms with Crippen molar-refractivity contribution in [3.8, 4) is 5.75 Å². The Kier molecular flexibility index (Phi) is 8.27. The normalized spacial score (nSPS) is 14.4. The molecule has 5 rings (SSSR count). The van der Waals surface area contributed by atoms with Crippen LogP contribution in [0, 0.1) is 0 Å². The molecule has 0 atom stereocenters. The molecule has 1 aliphatic rings. The molecule has 0 spiro atoms. The minimum atomic E-state index is -4.78. The first kappa shape index (κ1) is 29.6. The number of aromatic nitrogens is 1. The summed E-state index contributed by atoms with van der Waals surface area (Å²) in [6.45, 7) is 0.0586. The van der Waals surface area contributed by atoms with Crippen LogP contribution in [0.25, 0.3) is 0 Å². The SMILES string of the molecule is O=C(NC1(c2ccc(OC(F)(F)F)cc2)CC1)c1ccc(CN(Cc2ccccn2)S(=O)(=O)c2ccc(Cl)cc2)cc1. The van der Waals surface area contributed by atoms with Gasteiger partial charge in [-0.15, -0.1) is 13.2 Å². The number of ether oxygens (including phenoxy) is 1. The van der Waals surface area contributed by atoms with Crippen molar-refractivity contribution in [2.75, 3.05) is 0 Å². The van der Waals surface area contributed by atoms with E-state index in [1.54, 1.807) is 48.7 Å². The molecular formula is C30H25ClF3N3O4S. The van der Waals surface area contributed by atoms with E-state index < -0.39 is 21.9 Å². The summed E-state index contributed by atoms with van der Waals surface area (Å²) in [5, 5.41) is 3.40. The van der Waals surface area contributed by atoms with Crippen LogP contribution in [0.5, 0.6) is 5.75 Å². The van der Waals surface area contributed by atoms with Crippen LogP contribution in [0.3, 0.4) is 0 Å². The van der Waals surface area contributed by atoms with Gasteiger partial charge in [0.15, 0.2) is 0 Å². The van der Waals surface area contributed by atoms with Gasteiger partial charge in [0.1, 0.15) is 5.75 Å². The van der Waals surface area contributed by atoms with Crippen molar-refractivity contribution in [2.45, 2.75) is 42.7 Å². The van der Waals surface area contributed by atoms with Gasteiger partial charge in [-0.05, 0) is 84.6 Å². The van der Waals surface area contributed by atoms with Gasteiger partial charge in [0.05, 0.1) is 22.7 Å². The molecule has 4 aromatic rings. The van der Waals surface area contributed by atoms with E-state index >= 15 is 0 Å². The van der Waals surface area contributed by atoms with Crippen LogP contribution in [0.15, 0.2) is 102 Å². The highest BCUT2D eigenvalue weighted by atomic mass is 35.5. The first-order chi connectivity index (χ1) is 19.9. The molecule has 1 aromatic heterocycles. The van der Waals surface area contributed by atoms with Gasteiger partial charge in [-0.1, -0.05) is 41.9 Å². The van der Waals surface area contributed by atoms with E-state index in [-0.39, 0.29) is 29.6 Å². The molecule has 0 radical (unpaired) electrons. The molecule has 0 aliphatic heterocycles. The molecule has 3 aromatic carbocycles. The van der Waals surface area contributed by atoms with E-state index in [0.29, 0.717) is 40.2 Å². The molecular weight excluding hydrogens is 591 g/mol. The highest BCUT2D eigenvalue weighted by molar-refractivity contribution is 7.89. The molecule has 0 bridgehead atoms. The fraction of sp³-hybridized carbons (Fsp3) is 0.200. The predicted molar refractivity (Wildman–Crippen MR) is 150 cm³/mol. The Morgan fingerprint density at radius 1 is 0.929 bits per heavy atom. The number of alkyl halides is 3. The number of amides is 1. The van der Waals surface area contributed by atoms with E-state index in [1.807, 2.05) is 0 Å². The molecule has 0 saturated heterocycles. The smallest absolute Gasteiger partial charge is 0.406 e. The van der Waals surface area contributed by atoms with Crippen LogP contribution in [0.4, 0.5) is 13.2 Å². The molecule has 42 heavy (non-hydrogen) atoms. The van der Waals surface area contributed by atoms with E-state index in [9.17, 15) is 26.4 Å². The molecule has 12 heteroatoms. The summed E-state index contributed by atoms with van der Waals surface area (Å²) in [5.41, 5.74) is 1.59. The van der Waals surface area contributed by atoms with Gasteiger partial charge in [0.25, 0.3) is 5.91 Å². The van der Waals surface area contributed by atoms with Crippen LogP contribution in [-0.2, 0) is 28.7 Å². The Labute approximate surface area is 246 Å². The number of carbonyl (C=O) groups excluding carboxylic acids is 1. The number of hydrogen-bond donors (Lipinski definition) is 1. The lowest BCUT2D eigenvalue weighted by Crippen LogP contribution is -2.34. The third kappa shape index (κ3) is 7.10. The summed E-state index contributed by atoms with van der Waals surface area (Å²) >= 11 is 5.95. The lowest BCUT2D eigenvalue weighted by atomic mass is 10.0. The first-order valence-electron chi connectivity index (χ1n) is 12.9. The van der Waals surface area contributed by atoms with Crippen LogP contribution in [0.1, 0.15) is 40.0 Å². The minimum absolute atomic E-state index is 0.0275. The van der Waals surface area contributed by atoms with Gasteiger partial charge in [-0.25, -0.2) is 8.42 Å². The fourth-order valence-corrected chi connectivity index (χ4v) is 6.02. The van der Waals surface area contributed by atoms with Gasteiger partial charge in [0, 0.05) is 23.3 Å². The number of nitrogens with one attached hydrogen (secondary N) is 1. The molecule has 1 fully saturated rings. The zero-order valence-electron chi connectivity index (χ0n) is 22.0. The molecule has 1 N–H and O–H groups in total. The predicted octanol–water partition coefficient (Wildman–Crippen LogP) is 6.44. The van der Waals surface area contributed by atoms with Gasteiger partial charge in [-0.3, -0.25) is 9.78 Å². The maximum Gasteiger partial charge on any atom is 0.573 e. The Hall–Kier alpha value is -3.93. The minimum Gasteiger partial charge on any atom is -0.406 e. The summed E-state index contributed by atoms with van der Waals surface area (Å²) in [7, 11) is -3.92. The monoisotopic (exact) mass is 615 g/mol. The molecule has 218 valence electrons. The standard InChI is InChI=1S/C30H25ClF3N3O4S/c31-24-10-14-27(15-11-24)42(39,40)37(20-25-3-1-2-18-35-25)19-21-4-6-22(7-5-21)28(38)36-29(16-17-29)23-8-12-26(13-9-23)41-30(32,33)34/h1-15,18H,16-17,19-20H2,(H,36,38). The highest BCUT2D eigenvalue weighted by Crippen LogP contribution is 2.46. The average molecular weight is 616 g/mol. The lowest BCUT2D eigenvalue weighted by Gasteiger charge is -2.22. The lowest BCUT2D eigenvalue weighted by molar-refractivity contribution is -0.274. The number of nitrogens with zero attached hydrogens (tertiary/aromatic N) is 2. The van der Waals surface area contributed by atoms with Crippen molar-refractivity contribution in [1.29, 1.82) is 0 Å². The summed E-state index contributed by atoms with van der Waals surface area (Å²) in [4.78, 5) is 17.4. The van der Waals surface area contributed by atoms with Crippen LogP contribution in [0.2, 0.25) is 5.02 Å². The van der Waals surface area contributed by atoms with Crippen molar-refractivity contribution < 1.29 is 31.1 Å². The van der Waals surface area contributed by atoms with Gasteiger partial charge >= 0.3 is 6.36 Å². The van der Waals surface area contributed by atoms with Crippen LogP contribution < -0.4 is 10.1 Å². The van der Waals surface area contributed by atoms with Crippen molar-refractivity contribution in [1.82, 2.24) is 14.6 Å². The molecule has 1 aliphatic carbocycles. The second-order valence-electron chi connectivity index (χ2n) is 9.85. The number of sulfonamides is 1. The van der Waals surface area contributed by atoms with Gasteiger partial charge in [-0.2, -0.15) is 4.31 Å². The third-order valence-corrected chi connectivity index (χ3v) is 8.89. The quantitative estimate of drug-likeness (QED) is 0.222. The molecule has 1 saturated carbocycles. The average Bonchev–Trinajstić information content (AvgIpc) is 3.74. The molecule has 0 unspecified atom stereocenters. The Bertz CT molecular complexity index is 1650. The molecule has 1 heterocycles. The fourth-order valence-electron chi connectivity index (χ4n) is 4.49. The maximum atomic E-state index is 13.5.